The second-order valence-electron chi connectivity index (χ2n) is 4.75. The van der Waals surface area contributed by atoms with Gasteiger partial charge in [-0.15, -0.1) is 0 Å². The molecule has 1 aromatic carbocycles. The summed E-state index contributed by atoms with van der Waals surface area (Å²) in [4.78, 5) is 15.1. The number of amides is 1. The molecule has 0 aliphatic heterocycles. The first-order valence-corrected chi connectivity index (χ1v) is 8.27. The van der Waals surface area contributed by atoms with E-state index < -0.39 is 23.6 Å². The molecule has 0 aliphatic rings. The molecule has 0 unspecified atom stereocenters. The fourth-order valence-electron chi connectivity index (χ4n) is 1.88. The zero-order valence-corrected chi connectivity index (χ0v) is 14.2. The van der Waals surface area contributed by atoms with Crippen LogP contribution in [0.5, 0.6) is 0 Å². The molecule has 134 valence electrons. The van der Waals surface area contributed by atoms with E-state index in [4.69, 9.17) is 11.6 Å². The smallest absolute Gasteiger partial charge is 0.392 e. The first-order chi connectivity index (χ1) is 11.8. The lowest BCUT2D eigenvalue weighted by Gasteiger charge is -2.15. The van der Waals surface area contributed by atoms with Crippen molar-refractivity contribution in [1.29, 1.82) is 0 Å². The van der Waals surface area contributed by atoms with Gasteiger partial charge in [0.25, 0.3) is 5.91 Å². The van der Waals surface area contributed by atoms with E-state index in [1.165, 1.54) is 0 Å². The Morgan fingerprint density at radius 1 is 1.28 bits per heavy atom. The van der Waals surface area contributed by atoms with Crippen molar-refractivity contribution in [2.24, 2.45) is 0 Å². The molecule has 1 heterocycles. The number of halogens is 4. The van der Waals surface area contributed by atoms with Gasteiger partial charge in [0.2, 0.25) is 0 Å². The van der Waals surface area contributed by atoms with E-state index in [0.717, 1.165) is 18.0 Å². The minimum Gasteiger partial charge on any atom is -0.392 e. The monoisotopic (exact) mass is 391 g/mol. The number of aliphatic hydroxyl groups is 1. The molecule has 0 bridgehead atoms. The van der Waals surface area contributed by atoms with Gasteiger partial charge in [0.15, 0.2) is 5.15 Å². The summed E-state index contributed by atoms with van der Waals surface area (Å²) in [7, 11) is 0. The van der Waals surface area contributed by atoms with E-state index in [-0.39, 0.29) is 23.0 Å². The van der Waals surface area contributed by atoms with Crippen molar-refractivity contribution in [2.75, 3.05) is 11.2 Å². The third-order valence-electron chi connectivity index (χ3n) is 3.04. The average Bonchev–Trinajstić information content (AvgIpc) is 2.58. The van der Waals surface area contributed by atoms with Gasteiger partial charge < -0.3 is 10.4 Å². The first kappa shape index (κ1) is 19.4. The van der Waals surface area contributed by atoms with Gasteiger partial charge in [0.1, 0.15) is 5.69 Å². The highest BCUT2D eigenvalue weighted by Crippen LogP contribution is 2.33. The molecule has 0 spiro atoms. The van der Waals surface area contributed by atoms with Gasteiger partial charge in [0, 0.05) is 11.1 Å². The minimum atomic E-state index is -4.66. The normalized spacial score (nSPS) is 11.2. The van der Waals surface area contributed by atoms with Gasteiger partial charge in [-0.1, -0.05) is 29.8 Å². The molecule has 10 heteroatoms. The van der Waals surface area contributed by atoms with Crippen LogP contribution in [0, 0.1) is 0 Å². The van der Waals surface area contributed by atoms with Crippen LogP contribution in [0.25, 0.3) is 0 Å². The standard InChI is InChI=1S/C15H13ClF3N3O2S/c16-13-12(10(7-23)6-11(21-13)15(17,18)19)20-8-25-22-14(24)9-4-2-1-3-5-9/h1-6,20,23H,7-8H2,(H,22,24). The first-order valence-electron chi connectivity index (χ1n) is 6.91. The predicted molar refractivity (Wildman–Crippen MR) is 90.2 cm³/mol. The quantitative estimate of drug-likeness (QED) is 0.303. The minimum absolute atomic E-state index is 0.0395. The molecule has 5 nitrogen and oxygen atoms in total. The van der Waals surface area contributed by atoms with Crippen LogP contribution in [0.3, 0.4) is 0 Å². The van der Waals surface area contributed by atoms with E-state index in [1.54, 1.807) is 30.3 Å². The van der Waals surface area contributed by atoms with Crippen molar-refractivity contribution < 1.29 is 23.1 Å². The number of aliphatic hydroxyl groups excluding tert-OH is 1. The number of aromatic nitrogens is 1. The molecule has 3 N–H and O–H groups in total. The Labute approximate surface area is 150 Å². The van der Waals surface area contributed by atoms with Crippen LogP contribution in [0.2, 0.25) is 5.15 Å². The Balaban J connectivity index is 1.98. The maximum atomic E-state index is 12.7. The van der Waals surface area contributed by atoms with Gasteiger partial charge >= 0.3 is 6.18 Å². The molecule has 0 aliphatic carbocycles. The van der Waals surface area contributed by atoms with Crippen LogP contribution in [0.15, 0.2) is 36.4 Å². The molecule has 2 aromatic rings. The fraction of sp³-hybridized carbons (Fsp3) is 0.200. The largest absolute Gasteiger partial charge is 0.433 e. The number of pyridine rings is 1. The number of nitrogens with one attached hydrogen (secondary N) is 2. The van der Waals surface area contributed by atoms with Crippen molar-refractivity contribution in [1.82, 2.24) is 9.71 Å². The summed E-state index contributed by atoms with van der Waals surface area (Å²) in [6.07, 6.45) is -4.66. The summed E-state index contributed by atoms with van der Waals surface area (Å²) in [5, 5.41) is 11.6. The Hall–Kier alpha value is -1.97. The number of carbonyl (C=O) groups excluding carboxylic acids is 1. The van der Waals surface area contributed by atoms with Gasteiger partial charge in [-0.25, -0.2) is 4.98 Å². The summed E-state index contributed by atoms with van der Waals surface area (Å²) in [5.74, 6) is -0.204. The Kier molecular flexibility index (Phi) is 6.51. The summed E-state index contributed by atoms with van der Waals surface area (Å²) in [6, 6.07) is 9.23. The van der Waals surface area contributed by atoms with Crippen molar-refractivity contribution in [3.8, 4) is 0 Å². The lowest BCUT2D eigenvalue weighted by Crippen LogP contribution is -2.18. The van der Waals surface area contributed by atoms with Crippen LogP contribution in [0.4, 0.5) is 18.9 Å². The van der Waals surface area contributed by atoms with Crippen molar-refractivity contribution >= 4 is 35.1 Å². The van der Waals surface area contributed by atoms with Crippen LogP contribution in [-0.2, 0) is 12.8 Å². The Morgan fingerprint density at radius 3 is 2.56 bits per heavy atom. The van der Waals surface area contributed by atoms with Crippen LogP contribution in [0.1, 0.15) is 21.6 Å². The number of rotatable bonds is 6. The van der Waals surface area contributed by atoms with Crippen LogP contribution >= 0.6 is 23.5 Å². The van der Waals surface area contributed by atoms with E-state index in [9.17, 15) is 23.1 Å². The zero-order chi connectivity index (χ0) is 18.4. The number of nitrogens with zero attached hydrogens (tertiary/aromatic N) is 1. The van der Waals surface area contributed by atoms with Gasteiger partial charge in [-0.2, -0.15) is 13.2 Å². The third-order valence-corrected chi connectivity index (χ3v) is 3.93. The second kappa shape index (κ2) is 8.41. The number of hydrogen-bond acceptors (Lipinski definition) is 5. The highest BCUT2D eigenvalue weighted by Gasteiger charge is 2.34. The topological polar surface area (TPSA) is 74.2 Å². The zero-order valence-electron chi connectivity index (χ0n) is 12.6. The Bertz CT molecular complexity index is 745. The van der Waals surface area contributed by atoms with Gasteiger partial charge in [-0.3, -0.25) is 9.52 Å². The van der Waals surface area contributed by atoms with Crippen LogP contribution < -0.4 is 10.0 Å². The number of benzene rings is 1. The maximum Gasteiger partial charge on any atom is 0.433 e. The van der Waals surface area contributed by atoms with Crippen molar-refractivity contribution in [3.05, 3.63) is 58.4 Å². The molecule has 1 amide bonds. The van der Waals surface area contributed by atoms with Crippen molar-refractivity contribution in [2.45, 2.75) is 12.8 Å². The summed E-state index contributed by atoms with van der Waals surface area (Å²) in [5.41, 5.74) is -0.668. The lowest BCUT2D eigenvalue weighted by molar-refractivity contribution is -0.141. The van der Waals surface area contributed by atoms with E-state index >= 15 is 0 Å². The van der Waals surface area contributed by atoms with Crippen molar-refractivity contribution in [3.63, 3.8) is 0 Å². The SMILES string of the molecule is O=C(NSCNc1c(CO)cc(C(F)(F)F)nc1Cl)c1ccccc1. The summed E-state index contributed by atoms with van der Waals surface area (Å²) >= 11 is 6.76. The Morgan fingerprint density at radius 2 is 1.96 bits per heavy atom. The summed E-state index contributed by atoms with van der Waals surface area (Å²) in [6.45, 7) is -0.644. The molecule has 0 atom stereocenters. The highest BCUT2D eigenvalue weighted by atomic mass is 35.5. The molecule has 25 heavy (non-hydrogen) atoms. The number of hydrogen-bond donors (Lipinski definition) is 3. The fourth-order valence-corrected chi connectivity index (χ4v) is 2.70. The number of carbonyl (C=O) groups is 1. The molecule has 0 fully saturated rings. The third kappa shape index (κ3) is 5.25. The molecule has 0 radical (unpaired) electrons. The number of alkyl halides is 3. The second-order valence-corrected chi connectivity index (χ2v) is 5.89. The highest BCUT2D eigenvalue weighted by molar-refractivity contribution is 7.98. The average molecular weight is 392 g/mol. The maximum absolute atomic E-state index is 12.7. The lowest BCUT2D eigenvalue weighted by atomic mass is 10.2. The van der Waals surface area contributed by atoms with Gasteiger partial charge in [-0.05, 0) is 30.1 Å². The summed E-state index contributed by atoms with van der Waals surface area (Å²) < 4.78 is 40.7. The molecule has 0 saturated heterocycles. The van der Waals surface area contributed by atoms with Gasteiger partial charge in [0.05, 0.1) is 18.2 Å². The number of anilines is 1. The molecular formula is C15H13ClF3N3O2S. The van der Waals surface area contributed by atoms with E-state index in [0.29, 0.717) is 5.56 Å². The predicted octanol–water partition coefficient (Wildman–Crippen LogP) is 3.69. The van der Waals surface area contributed by atoms with E-state index in [1.807, 2.05) is 0 Å². The van der Waals surface area contributed by atoms with Crippen LogP contribution in [-0.4, -0.2) is 21.9 Å². The molecule has 2 rings (SSSR count). The molecule has 0 saturated carbocycles. The van der Waals surface area contributed by atoms with E-state index in [2.05, 4.69) is 15.0 Å². The molecule has 1 aromatic heterocycles. The molecular weight excluding hydrogens is 379 g/mol.